The second-order valence-electron chi connectivity index (χ2n) is 6.56. The molecule has 0 aliphatic carbocycles. The molecule has 1 aromatic carbocycles. The number of carbonyl (C=O) groups is 1. The van der Waals surface area contributed by atoms with Crippen molar-refractivity contribution in [3.8, 4) is 11.4 Å². The van der Waals surface area contributed by atoms with E-state index in [0.717, 1.165) is 17.8 Å². The zero-order valence-electron chi connectivity index (χ0n) is 14.6. The van der Waals surface area contributed by atoms with Gasteiger partial charge in [-0.3, -0.25) is 10.1 Å². The molecule has 2 N–H and O–H groups in total. The van der Waals surface area contributed by atoms with Crippen molar-refractivity contribution in [2.75, 3.05) is 18.4 Å². The Morgan fingerprint density at radius 2 is 2.19 bits per heavy atom. The first kappa shape index (κ1) is 17.1. The maximum atomic E-state index is 13.7. The third kappa shape index (κ3) is 3.94. The molecule has 0 saturated carbocycles. The zero-order chi connectivity index (χ0) is 18.6. The summed E-state index contributed by atoms with van der Waals surface area (Å²) in [5.74, 6) is 1.25. The highest BCUT2D eigenvalue weighted by Crippen LogP contribution is 2.22. The number of H-pyrrole nitrogens is 1. The van der Waals surface area contributed by atoms with Crippen LogP contribution in [-0.2, 0) is 6.42 Å². The monoisotopic (exact) mass is 366 g/mol. The van der Waals surface area contributed by atoms with E-state index in [4.69, 9.17) is 0 Å². The van der Waals surface area contributed by atoms with Gasteiger partial charge in [0.1, 0.15) is 11.6 Å². The molecule has 0 radical (unpaired) electrons. The number of nitrogens with zero attached hydrogens (tertiary/aromatic N) is 4. The summed E-state index contributed by atoms with van der Waals surface area (Å²) in [6.07, 6.45) is 5.00. The predicted octanol–water partition coefficient (Wildman–Crippen LogP) is 3.10. The third-order valence-electron chi connectivity index (χ3n) is 4.62. The van der Waals surface area contributed by atoms with Crippen LogP contribution in [0.15, 0.2) is 48.8 Å². The zero-order valence-corrected chi connectivity index (χ0v) is 14.6. The number of hydrogen-bond acceptors (Lipinski definition) is 4. The second-order valence-corrected chi connectivity index (χ2v) is 6.56. The van der Waals surface area contributed by atoms with Gasteiger partial charge in [0.2, 0.25) is 0 Å². The van der Waals surface area contributed by atoms with Gasteiger partial charge < -0.3 is 10.2 Å². The van der Waals surface area contributed by atoms with Gasteiger partial charge in [0, 0.05) is 37.5 Å². The van der Waals surface area contributed by atoms with Gasteiger partial charge in [-0.05, 0) is 36.6 Å². The van der Waals surface area contributed by atoms with Gasteiger partial charge in [-0.2, -0.15) is 5.10 Å². The van der Waals surface area contributed by atoms with Crippen molar-refractivity contribution in [2.24, 2.45) is 5.92 Å². The standard InChI is InChI=1S/C19H19FN6O/c20-15-5-1-2-6-16(15)22-19(27)26-9-7-13(12-26)10-17-23-18(25-24-17)14-4-3-8-21-11-14/h1-6,8,11,13H,7,9-10,12H2,(H,22,27)(H,23,24,25). The SMILES string of the molecule is O=C(Nc1ccccc1F)N1CCC(Cc2nc(-c3cccnc3)n[nH]2)C1. The highest BCUT2D eigenvalue weighted by molar-refractivity contribution is 5.89. The Kier molecular flexibility index (Phi) is 4.78. The molecule has 7 nitrogen and oxygen atoms in total. The van der Waals surface area contributed by atoms with E-state index in [9.17, 15) is 9.18 Å². The van der Waals surface area contributed by atoms with Gasteiger partial charge in [0.05, 0.1) is 5.69 Å². The number of anilines is 1. The Hall–Kier alpha value is -3.29. The minimum Gasteiger partial charge on any atom is -0.324 e. The number of aromatic amines is 1. The number of benzene rings is 1. The number of urea groups is 1. The molecule has 27 heavy (non-hydrogen) atoms. The number of rotatable bonds is 4. The van der Waals surface area contributed by atoms with Gasteiger partial charge in [-0.25, -0.2) is 14.2 Å². The molecule has 3 heterocycles. The number of aromatic nitrogens is 4. The summed E-state index contributed by atoms with van der Waals surface area (Å²) < 4.78 is 13.7. The average molecular weight is 366 g/mol. The number of para-hydroxylation sites is 1. The van der Waals surface area contributed by atoms with E-state index in [1.807, 2.05) is 12.1 Å². The number of nitrogens with one attached hydrogen (secondary N) is 2. The van der Waals surface area contributed by atoms with Crippen LogP contribution in [-0.4, -0.2) is 44.2 Å². The van der Waals surface area contributed by atoms with Crippen LogP contribution in [0, 0.1) is 11.7 Å². The van der Waals surface area contributed by atoms with E-state index >= 15 is 0 Å². The van der Waals surface area contributed by atoms with Crippen LogP contribution in [0.25, 0.3) is 11.4 Å². The van der Waals surface area contributed by atoms with E-state index < -0.39 is 5.82 Å². The Morgan fingerprint density at radius 3 is 3.00 bits per heavy atom. The van der Waals surface area contributed by atoms with Crippen molar-refractivity contribution < 1.29 is 9.18 Å². The van der Waals surface area contributed by atoms with Crippen molar-refractivity contribution in [1.82, 2.24) is 25.1 Å². The van der Waals surface area contributed by atoms with E-state index in [2.05, 4.69) is 25.5 Å². The number of pyridine rings is 1. The number of carbonyl (C=O) groups excluding carboxylic acids is 1. The number of likely N-dealkylation sites (tertiary alicyclic amines) is 1. The van der Waals surface area contributed by atoms with Crippen LogP contribution in [0.1, 0.15) is 12.2 Å². The van der Waals surface area contributed by atoms with E-state index in [1.54, 1.807) is 35.5 Å². The molecular weight excluding hydrogens is 347 g/mol. The Labute approximate surface area is 155 Å². The lowest BCUT2D eigenvalue weighted by Gasteiger charge is -2.17. The van der Waals surface area contributed by atoms with Crippen LogP contribution in [0.2, 0.25) is 0 Å². The molecule has 1 atom stereocenters. The van der Waals surface area contributed by atoms with E-state index in [-0.39, 0.29) is 17.6 Å². The lowest BCUT2D eigenvalue weighted by atomic mass is 10.1. The first-order valence-corrected chi connectivity index (χ1v) is 8.81. The van der Waals surface area contributed by atoms with Crippen LogP contribution in [0.4, 0.5) is 14.9 Å². The molecule has 1 fully saturated rings. The summed E-state index contributed by atoms with van der Waals surface area (Å²) in [6, 6.07) is 9.62. The molecule has 3 aromatic rings. The molecule has 1 aliphatic rings. The van der Waals surface area contributed by atoms with Crippen molar-refractivity contribution >= 4 is 11.7 Å². The largest absolute Gasteiger partial charge is 0.324 e. The first-order chi connectivity index (χ1) is 13.2. The van der Waals surface area contributed by atoms with Crippen molar-refractivity contribution in [3.05, 3.63) is 60.4 Å². The summed E-state index contributed by atoms with van der Waals surface area (Å²) >= 11 is 0. The molecule has 0 spiro atoms. The average Bonchev–Trinajstić information content (AvgIpc) is 3.34. The summed E-state index contributed by atoms with van der Waals surface area (Å²) in [5, 5.41) is 9.83. The number of hydrogen-bond donors (Lipinski definition) is 2. The second kappa shape index (κ2) is 7.53. The van der Waals surface area contributed by atoms with Gasteiger partial charge in [-0.15, -0.1) is 0 Å². The van der Waals surface area contributed by atoms with Crippen molar-refractivity contribution in [2.45, 2.75) is 12.8 Å². The Balaban J connectivity index is 1.34. The van der Waals surface area contributed by atoms with E-state index in [1.165, 1.54) is 6.07 Å². The first-order valence-electron chi connectivity index (χ1n) is 8.81. The molecule has 0 bridgehead atoms. The van der Waals surface area contributed by atoms with Crippen LogP contribution < -0.4 is 5.32 Å². The minimum absolute atomic E-state index is 0.197. The molecule has 138 valence electrons. The summed E-state index contributed by atoms with van der Waals surface area (Å²) in [5.41, 5.74) is 1.06. The Morgan fingerprint density at radius 1 is 1.30 bits per heavy atom. The van der Waals surface area contributed by atoms with Gasteiger partial charge in [0.15, 0.2) is 5.82 Å². The van der Waals surface area contributed by atoms with E-state index in [0.29, 0.717) is 25.3 Å². The number of amides is 2. The fourth-order valence-corrected chi connectivity index (χ4v) is 3.22. The topological polar surface area (TPSA) is 86.8 Å². The summed E-state index contributed by atoms with van der Waals surface area (Å²) in [7, 11) is 0. The molecule has 1 aliphatic heterocycles. The predicted molar refractivity (Wildman–Crippen MR) is 98.4 cm³/mol. The minimum atomic E-state index is -0.439. The fraction of sp³-hybridized carbons (Fsp3) is 0.263. The van der Waals surface area contributed by atoms with Crippen molar-refractivity contribution in [3.63, 3.8) is 0 Å². The van der Waals surface area contributed by atoms with Gasteiger partial charge in [0.25, 0.3) is 0 Å². The summed E-state index contributed by atoms with van der Waals surface area (Å²) in [6.45, 7) is 1.23. The highest BCUT2D eigenvalue weighted by Gasteiger charge is 2.27. The normalized spacial score (nSPS) is 16.5. The smallest absolute Gasteiger partial charge is 0.321 e. The molecule has 1 saturated heterocycles. The molecule has 1 unspecified atom stereocenters. The van der Waals surface area contributed by atoms with Gasteiger partial charge >= 0.3 is 6.03 Å². The molecular formula is C19H19FN6O. The van der Waals surface area contributed by atoms with Gasteiger partial charge in [-0.1, -0.05) is 12.1 Å². The molecule has 4 rings (SSSR count). The lowest BCUT2D eigenvalue weighted by molar-refractivity contribution is 0.220. The van der Waals surface area contributed by atoms with Crippen LogP contribution in [0.5, 0.6) is 0 Å². The quantitative estimate of drug-likeness (QED) is 0.743. The van der Waals surface area contributed by atoms with Crippen molar-refractivity contribution in [1.29, 1.82) is 0 Å². The maximum absolute atomic E-state index is 13.7. The number of halogens is 1. The Bertz CT molecular complexity index is 929. The lowest BCUT2D eigenvalue weighted by Crippen LogP contribution is -2.33. The fourth-order valence-electron chi connectivity index (χ4n) is 3.22. The molecule has 2 amide bonds. The maximum Gasteiger partial charge on any atom is 0.321 e. The highest BCUT2D eigenvalue weighted by atomic mass is 19.1. The molecule has 8 heteroatoms. The molecule has 2 aromatic heterocycles. The third-order valence-corrected chi connectivity index (χ3v) is 4.62. The van der Waals surface area contributed by atoms with Crippen LogP contribution in [0.3, 0.4) is 0 Å². The van der Waals surface area contributed by atoms with Crippen LogP contribution >= 0.6 is 0 Å². The summed E-state index contributed by atoms with van der Waals surface area (Å²) in [4.78, 5) is 22.7.